The summed E-state index contributed by atoms with van der Waals surface area (Å²) in [6.07, 6.45) is 4.46. The van der Waals surface area contributed by atoms with Crippen molar-refractivity contribution in [2.45, 2.75) is 53.1 Å². The van der Waals surface area contributed by atoms with Crippen molar-refractivity contribution < 1.29 is 28.3 Å². The van der Waals surface area contributed by atoms with Crippen LogP contribution < -0.4 is 0 Å². The molecule has 0 aromatic rings. The van der Waals surface area contributed by atoms with Crippen LogP contribution in [0.5, 0.6) is 0 Å². The van der Waals surface area contributed by atoms with E-state index in [0.29, 0.717) is 5.57 Å². The summed E-state index contributed by atoms with van der Waals surface area (Å²) in [5, 5.41) is 0. The molecule has 162 valence electrons. The molecule has 8 atom stereocenters. The Balaban J connectivity index is 1.70. The normalized spacial score (nSPS) is 44.6. The summed E-state index contributed by atoms with van der Waals surface area (Å²) in [5.74, 6) is -1.75. The van der Waals surface area contributed by atoms with Crippen LogP contribution in [0.3, 0.4) is 0 Å². The Bertz CT molecular complexity index is 888. The van der Waals surface area contributed by atoms with Gasteiger partial charge in [-0.05, 0) is 53.7 Å². The third-order valence-corrected chi connectivity index (χ3v) is 8.34. The second-order valence-electron chi connectivity index (χ2n) is 10.2. The molecule has 3 fully saturated rings. The summed E-state index contributed by atoms with van der Waals surface area (Å²) >= 11 is 0. The minimum atomic E-state index is -1.27. The lowest BCUT2D eigenvalue weighted by atomic mass is 9.47. The SMILES string of the molecule is CC(=O)OCC(=O)[C@H]1[C@H](C)C[C@H]2[C@@H]3C[C@H](F)C4=CC(=O)C=C[C@]4(C)[C@H]3C(=O)C[C@@]21C. The molecule has 0 unspecified atom stereocenters. The van der Waals surface area contributed by atoms with E-state index < -0.39 is 28.9 Å². The minimum Gasteiger partial charge on any atom is -0.458 e. The maximum Gasteiger partial charge on any atom is 0.303 e. The Hall–Kier alpha value is -2.11. The van der Waals surface area contributed by atoms with Crippen LogP contribution in [0.1, 0.15) is 47.0 Å². The molecular formula is C24H29FO5. The smallest absolute Gasteiger partial charge is 0.303 e. The van der Waals surface area contributed by atoms with E-state index in [9.17, 15) is 19.2 Å². The van der Waals surface area contributed by atoms with Gasteiger partial charge in [-0.1, -0.05) is 26.8 Å². The van der Waals surface area contributed by atoms with Crippen LogP contribution in [0.25, 0.3) is 0 Å². The molecule has 5 nitrogen and oxygen atoms in total. The third-order valence-electron chi connectivity index (χ3n) is 8.34. The maximum atomic E-state index is 15.3. The van der Waals surface area contributed by atoms with Crippen molar-refractivity contribution in [3.05, 3.63) is 23.8 Å². The van der Waals surface area contributed by atoms with E-state index in [4.69, 9.17) is 4.74 Å². The average molecular weight is 416 g/mol. The third kappa shape index (κ3) is 2.94. The second-order valence-corrected chi connectivity index (χ2v) is 10.2. The van der Waals surface area contributed by atoms with Crippen molar-refractivity contribution in [1.82, 2.24) is 0 Å². The first kappa shape index (κ1) is 21.1. The number of ether oxygens (including phenoxy) is 1. The van der Waals surface area contributed by atoms with Crippen LogP contribution in [0, 0.1) is 40.4 Å². The molecule has 0 radical (unpaired) electrons. The molecule has 30 heavy (non-hydrogen) atoms. The van der Waals surface area contributed by atoms with Crippen molar-refractivity contribution in [1.29, 1.82) is 0 Å². The molecule has 4 rings (SSSR count). The van der Waals surface area contributed by atoms with Gasteiger partial charge in [0.25, 0.3) is 0 Å². The first-order valence-corrected chi connectivity index (χ1v) is 10.8. The van der Waals surface area contributed by atoms with E-state index in [1.165, 1.54) is 19.1 Å². The number of rotatable bonds is 3. The van der Waals surface area contributed by atoms with E-state index in [0.717, 1.165) is 6.42 Å². The zero-order valence-electron chi connectivity index (χ0n) is 17.9. The molecule has 0 saturated heterocycles. The molecule has 0 aromatic carbocycles. The summed E-state index contributed by atoms with van der Waals surface area (Å²) in [5.41, 5.74) is -0.945. The monoisotopic (exact) mass is 416 g/mol. The lowest BCUT2D eigenvalue weighted by molar-refractivity contribution is -0.153. The Morgan fingerprint density at radius 3 is 2.60 bits per heavy atom. The minimum absolute atomic E-state index is 0.0286. The zero-order valence-corrected chi connectivity index (χ0v) is 17.9. The van der Waals surface area contributed by atoms with Crippen LogP contribution in [0.15, 0.2) is 23.8 Å². The summed E-state index contributed by atoms with van der Waals surface area (Å²) in [6.45, 7) is 6.83. The first-order valence-electron chi connectivity index (χ1n) is 10.8. The van der Waals surface area contributed by atoms with Crippen LogP contribution in [0.4, 0.5) is 4.39 Å². The summed E-state index contributed by atoms with van der Waals surface area (Å²) in [7, 11) is 0. The Labute approximate surface area is 176 Å². The van der Waals surface area contributed by atoms with Gasteiger partial charge < -0.3 is 4.74 Å². The highest BCUT2D eigenvalue weighted by molar-refractivity contribution is 6.02. The van der Waals surface area contributed by atoms with Gasteiger partial charge in [-0.3, -0.25) is 19.2 Å². The number of esters is 1. The topological polar surface area (TPSA) is 77.5 Å². The fourth-order valence-electron chi connectivity index (χ4n) is 7.36. The number of carbonyl (C=O) groups is 4. The van der Waals surface area contributed by atoms with Crippen LogP contribution in [0.2, 0.25) is 0 Å². The number of ketones is 3. The highest BCUT2D eigenvalue weighted by Gasteiger charge is 2.65. The Morgan fingerprint density at radius 2 is 1.93 bits per heavy atom. The molecule has 0 aliphatic heterocycles. The van der Waals surface area contributed by atoms with Gasteiger partial charge in [-0.15, -0.1) is 0 Å². The van der Waals surface area contributed by atoms with Crippen molar-refractivity contribution in [3.8, 4) is 0 Å². The predicted molar refractivity (Wildman–Crippen MR) is 107 cm³/mol. The zero-order chi connectivity index (χ0) is 22.0. The largest absolute Gasteiger partial charge is 0.458 e. The summed E-state index contributed by atoms with van der Waals surface area (Å²) in [6, 6.07) is 0. The molecule has 0 bridgehead atoms. The van der Waals surface area contributed by atoms with E-state index in [1.54, 1.807) is 6.08 Å². The van der Waals surface area contributed by atoms with E-state index >= 15 is 4.39 Å². The molecule has 0 N–H and O–H groups in total. The molecule has 0 amide bonds. The fraction of sp³-hybridized carbons (Fsp3) is 0.667. The number of carbonyl (C=O) groups excluding carboxylic acids is 4. The van der Waals surface area contributed by atoms with Gasteiger partial charge in [-0.2, -0.15) is 0 Å². The molecular weight excluding hydrogens is 387 g/mol. The van der Waals surface area contributed by atoms with Gasteiger partial charge in [0, 0.05) is 30.6 Å². The van der Waals surface area contributed by atoms with Gasteiger partial charge in [0.15, 0.2) is 11.6 Å². The van der Waals surface area contributed by atoms with Crippen molar-refractivity contribution in [3.63, 3.8) is 0 Å². The van der Waals surface area contributed by atoms with Crippen LogP contribution >= 0.6 is 0 Å². The van der Waals surface area contributed by atoms with Crippen LogP contribution in [-0.2, 0) is 23.9 Å². The summed E-state index contributed by atoms with van der Waals surface area (Å²) in [4.78, 5) is 49.5. The van der Waals surface area contributed by atoms with Gasteiger partial charge in [-0.25, -0.2) is 4.39 Å². The highest BCUT2D eigenvalue weighted by Crippen LogP contribution is 2.66. The maximum absolute atomic E-state index is 15.3. The first-order chi connectivity index (χ1) is 14.0. The molecule has 4 aliphatic carbocycles. The van der Waals surface area contributed by atoms with Gasteiger partial charge >= 0.3 is 5.97 Å². The molecule has 0 aromatic heterocycles. The molecule has 3 saturated carbocycles. The highest BCUT2D eigenvalue weighted by atomic mass is 19.1. The second kappa shape index (κ2) is 6.96. The van der Waals surface area contributed by atoms with Crippen LogP contribution in [-0.4, -0.2) is 36.1 Å². The number of hydrogen-bond donors (Lipinski definition) is 0. The van der Waals surface area contributed by atoms with Crippen molar-refractivity contribution in [2.24, 2.45) is 40.4 Å². The Kier molecular flexibility index (Phi) is 4.90. The number of allylic oxidation sites excluding steroid dienone is 4. The summed E-state index contributed by atoms with van der Waals surface area (Å²) < 4.78 is 20.2. The quantitative estimate of drug-likeness (QED) is 0.659. The number of hydrogen-bond acceptors (Lipinski definition) is 5. The number of Topliss-reactive ketones (excluding diaryl/α,β-unsaturated/α-hetero) is 2. The van der Waals surface area contributed by atoms with Gasteiger partial charge in [0.1, 0.15) is 18.6 Å². The van der Waals surface area contributed by atoms with E-state index in [-0.39, 0.29) is 60.5 Å². The number of fused-ring (bicyclic) bond motifs is 5. The lowest BCUT2D eigenvalue weighted by Gasteiger charge is -2.56. The molecule has 6 heteroatoms. The standard InChI is InChI=1S/C24H29FO5/c1-12-7-16-15-9-18(25)17-8-14(27)5-6-23(17,3)22(15)19(28)10-24(16,4)21(12)20(29)11-30-13(2)26/h5-6,8,12,15-16,18,21-22H,7,9-11H2,1-4H3/t12-,15+,16+,18+,21-,22-,23+,24+/m1/s1. The van der Waals surface area contributed by atoms with E-state index in [1.807, 2.05) is 20.8 Å². The van der Waals surface area contributed by atoms with Gasteiger partial charge in [0.2, 0.25) is 0 Å². The molecule has 0 spiro atoms. The lowest BCUT2D eigenvalue weighted by Crippen LogP contribution is -2.57. The Morgan fingerprint density at radius 1 is 1.23 bits per heavy atom. The van der Waals surface area contributed by atoms with Crippen molar-refractivity contribution >= 4 is 23.3 Å². The molecule has 0 heterocycles. The average Bonchev–Trinajstić information content (AvgIpc) is 2.91. The van der Waals surface area contributed by atoms with Crippen molar-refractivity contribution in [2.75, 3.05) is 6.61 Å². The number of alkyl halides is 1. The van der Waals surface area contributed by atoms with E-state index in [2.05, 4.69) is 0 Å². The predicted octanol–water partition coefficient (Wildman–Crippen LogP) is 3.42. The molecule has 4 aliphatic rings. The van der Waals surface area contributed by atoms with Gasteiger partial charge in [0.05, 0.1) is 0 Å². The fourth-order valence-corrected chi connectivity index (χ4v) is 7.36. The number of halogens is 1.